The molecule has 3 aromatic rings. The smallest absolute Gasteiger partial charge is 0.124 e. The van der Waals surface area contributed by atoms with Crippen LogP contribution in [0, 0.1) is 17.1 Å². The van der Waals surface area contributed by atoms with Gasteiger partial charge in [-0.15, -0.1) is 0 Å². The first kappa shape index (κ1) is 13.3. The second kappa shape index (κ2) is 5.39. The Morgan fingerprint density at radius 3 is 2.76 bits per heavy atom. The van der Waals surface area contributed by atoms with Gasteiger partial charge in [-0.05, 0) is 42.5 Å². The topological polar surface area (TPSA) is 48.7 Å². The molecule has 1 heterocycles. The highest BCUT2D eigenvalue weighted by atomic mass is 35.5. The molecule has 0 aliphatic heterocycles. The molecule has 1 aromatic heterocycles. The Hall–Kier alpha value is -2.64. The Balaban J connectivity index is 2.11. The van der Waals surface area contributed by atoms with Gasteiger partial charge in [-0.2, -0.15) is 5.26 Å². The monoisotopic (exact) mass is 297 g/mol. The summed E-state index contributed by atoms with van der Waals surface area (Å²) in [6.07, 6.45) is 1.67. The molecule has 1 N–H and O–H groups in total. The van der Waals surface area contributed by atoms with Crippen molar-refractivity contribution >= 4 is 33.9 Å². The summed E-state index contributed by atoms with van der Waals surface area (Å²) in [5.74, 6) is -0.448. The highest BCUT2D eigenvalue weighted by Gasteiger charge is 2.09. The fourth-order valence-corrected chi connectivity index (χ4v) is 2.32. The maximum absolute atomic E-state index is 13.2. The van der Waals surface area contributed by atoms with Gasteiger partial charge in [0.15, 0.2) is 0 Å². The molecule has 0 bridgehead atoms. The van der Waals surface area contributed by atoms with E-state index in [1.807, 2.05) is 12.1 Å². The summed E-state index contributed by atoms with van der Waals surface area (Å²) >= 11 is 6.14. The SMILES string of the molecule is N#Cc1cc(F)ccc1Nc1ccc(Cl)c2cccnc12. The van der Waals surface area contributed by atoms with Crippen molar-refractivity contribution in [2.75, 3.05) is 5.32 Å². The van der Waals surface area contributed by atoms with E-state index < -0.39 is 5.82 Å². The summed E-state index contributed by atoms with van der Waals surface area (Å²) in [4.78, 5) is 4.31. The van der Waals surface area contributed by atoms with Gasteiger partial charge in [0, 0.05) is 11.6 Å². The van der Waals surface area contributed by atoms with Crippen LogP contribution in [0.15, 0.2) is 48.7 Å². The van der Waals surface area contributed by atoms with Crippen LogP contribution in [-0.2, 0) is 0 Å². The summed E-state index contributed by atoms with van der Waals surface area (Å²) in [6, 6.07) is 13.2. The minimum Gasteiger partial charge on any atom is -0.353 e. The molecule has 0 saturated carbocycles. The highest BCUT2D eigenvalue weighted by molar-refractivity contribution is 6.35. The van der Waals surface area contributed by atoms with E-state index in [1.165, 1.54) is 18.2 Å². The van der Waals surface area contributed by atoms with Crippen molar-refractivity contribution in [3.63, 3.8) is 0 Å². The van der Waals surface area contributed by atoms with Crippen LogP contribution in [0.25, 0.3) is 10.9 Å². The second-order valence-electron chi connectivity index (χ2n) is 4.42. The number of nitrogens with zero attached hydrogens (tertiary/aromatic N) is 2. The molecule has 102 valence electrons. The van der Waals surface area contributed by atoms with E-state index in [4.69, 9.17) is 16.9 Å². The van der Waals surface area contributed by atoms with Crippen molar-refractivity contribution in [3.8, 4) is 6.07 Å². The van der Waals surface area contributed by atoms with E-state index in [9.17, 15) is 4.39 Å². The van der Waals surface area contributed by atoms with Crippen molar-refractivity contribution in [1.29, 1.82) is 5.26 Å². The summed E-state index contributed by atoms with van der Waals surface area (Å²) in [5, 5.41) is 13.6. The molecule has 0 aliphatic rings. The number of nitriles is 1. The Labute approximate surface area is 125 Å². The predicted octanol–water partition coefficient (Wildman–Crippen LogP) is 4.64. The van der Waals surface area contributed by atoms with Crippen molar-refractivity contribution in [2.24, 2.45) is 0 Å². The first-order valence-electron chi connectivity index (χ1n) is 6.19. The number of fused-ring (bicyclic) bond motifs is 1. The van der Waals surface area contributed by atoms with E-state index in [1.54, 1.807) is 24.4 Å². The first-order chi connectivity index (χ1) is 10.2. The third-order valence-electron chi connectivity index (χ3n) is 3.09. The first-order valence-corrected chi connectivity index (χ1v) is 6.57. The number of rotatable bonds is 2. The predicted molar refractivity (Wildman–Crippen MR) is 81.2 cm³/mol. The lowest BCUT2D eigenvalue weighted by Gasteiger charge is -2.11. The van der Waals surface area contributed by atoms with Crippen molar-refractivity contribution < 1.29 is 4.39 Å². The zero-order chi connectivity index (χ0) is 14.8. The van der Waals surface area contributed by atoms with Crippen LogP contribution in [0.1, 0.15) is 5.56 Å². The average molecular weight is 298 g/mol. The van der Waals surface area contributed by atoms with Crippen LogP contribution in [0.5, 0.6) is 0 Å². The maximum Gasteiger partial charge on any atom is 0.124 e. The average Bonchev–Trinajstić information content (AvgIpc) is 2.52. The fourth-order valence-electron chi connectivity index (χ4n) is 2.10. The third kappa shape index (κ3) is 2.51. The number of anilines is 2. The molecule has 3 rings (SSSR count). The molecule has 3 nitrogen and oxygen atoms in total. The van der Waals surface area contributed by atoms with Crippen molar-refractivity contribution in [1.82, 2.24) is 4.98 Å². The molecule has 0 spiro atoms. The van der Waals surface area contributed by atoms with Crippen LogP contribution < -0.4 is 5.32 Å². The number of hydrogen-bond donors (Lipinski definition) is 1. The Morgan fingerprint density at radius 2 is 1.95 bits per heavy atom. The number of aromatic nitrogens is 1. The zero-order valence-corrected chi connectivity index (χ0v) is 11.5. The number of hydrogen-bond acceptors (Lipinski definition) is 3. The Morgan fingerprint density at radius 1 is 1.14 bits per heavy atom. The van der Waals surface area contributed by atoms with Crippen molar-refractivity contribution in [3.05, 3.63) is 65.1 Å². The van der Waals surface area contributed by atoms with Gasteiger partial charge in [-0.25, -0.2) is 4.39 Å². The van der Waals surface area contributed by atoms with Gasteiger partial charge in [0.2, 0.25) is 0 Å². The normalized spacial score (nSPS) is 10.3. The third-order valence-corrected chi connectivity index (χ3v) is 3.42. The highest BCUT2D eigenvalue weighted by Crippen LogP contribution is 2.31. The van der Waals surface area contributed by atoms with Gasteiger partial charge in [-0.1, -0.05) is 11.6 Å². The molecule has 0 saturated heterocycles. The molecule has 0 unspecified atom stereocenters. The van der Waals surface area contributed by atoms with E-state index in [0.29, 0.717) is 21.9 Å². The van der Waals surface area contributed by atoms with Gasteiger partial charge < -0.3 is 5.32 Å². The van der Waals surface area contributed by atoms with Gasteiger partial charge in [0.25, 0.3) is 0 Å². The molecule has 5 heteroatoms. The van der Waals surface area contributed by atoms with Gasteiger partial charge in [-0.3, -0.25) is 4.98 Å². The molecule has 0 fully saturated rings. The Kier molecular flexibility index (Phi) is 3.43. The Bertz CT molecular complexity index is 871. The number of halogens is 2. The minimum atomic E-state index is -0.448. The van der Waals surface area contributed by atoms with E-state index in [2.05, 4.69) is 10.3 Å². The lowest BCUT2D eigenvalue weighted by atomic mass is 10.1. The largest absolute Gasteiger partial charge is 0.353 e. The zero-order valence-electron chi connectivity index (χ0n) is 10.8. The molecular weight excluding hydrogens is 289 g/mol. The lowest BCUT2D eigenvalue weighted by molar-refractivity contribution is 0.627. The van der Waals surface area contributed by atoms with Crippen LogP contribution >= 0.6 is 11.6 Å². The summed E-state index contributed by atoms with van der Waals surface area (Å²) < 4.78 is 13.2. The van der Waals surface area contributed by atoms with Crippen LogP contribution in [0.3, 0.4) is 0 Å². The molecule has 0 atom stereocenters. The molecular formula is C16H9ClFN3. The van der Waals surface area contributed by atoms with E-state index in [-0.39, 0.29) is 5.56 Å². The van der Waals surface area contributed by atoms with E-state index in [0.717, 1.165) is 5.39 Å². The van der Waals surface area contributed by atoms with E-state index >= 15 is 0 Å². The summed E-state index contributed by atoms with van der Waals surface area (Å²) in [7, 11) is 0. The number of pyridine rings is 1. The minimum absolute atomic E-state index is 0.231. The quantitative estimate of drug-likeness (QED) is 0.749. The van der Waals surface area contributed by atoms with Crippen molar-refractivity contribution in [2.45, 2.75) is 0 Å². The van der Waals surface area contributed by atoms with Crippen LogP contribution in [-0.4, -0.2) is 4.98 Å². The molecule has 0 radical (unpaired) electrons. The molecule has 21 heavy (non-hydrogen) atoms. The maximum atomic E-state index is 13.2. The number of nitrogens with one attached hydrogen (secondary N) is 1. The lowest BCUT2D eigenvalue weighted by Crippen LogP contribution is -1.96. The fraction of sp³-hybridized carbons (Fsp3) is 0. The van der Waals surface area contributed by atoms with Gasteiger partial charge >= 0.3 is 0 Å². The molecule has 0 aliphatic carbocycles. The van der Waals surface area contributed by atoms with Gasteiger partial charge in [0.05, 0.1) is 27.5 Å². The van der Waals surface area contributed by atoms with Crippen LogP contribution in [0.2, 0.25) is 5.02 Å². The summed E-state index contributed by atoms with van der Waals surface area (Å²) in [5.41, 5.74) is 2.15. The van der Waals surface area contributed by atoms with Crippen LogP contribution in [0.4, 0.5) is 15.8 Å². The molecule has 0 amide bonds. The molecule has 2 aromatic carbocycles. The van der Waals surface area contributed by atoms with Gasteiger partial charge in [0.1, 0.15) is 11.9 Å². The second-order valence-corrected chi connectivity index (χ2v) is 4.83. The summed E-state index contributed by atoms with van der Waals surface area (Å²) in [6.45, 7) is 0. The standard InChI is InChI=1S/C16H9ClFN3/c17-13-4-6-15(16-12(13)2-1-7-20-16)21-14-5-3-11(18)8-10(14)9-19/h1-8,21H. The number of benzene rings is 2.